The lowest BCUT2D eigenvalue weighted by molar-refractivity contribution is 0.0443. The number of aliphatic hydroxyl groups is 1. The standard InChI is InChI=1S/C38H39NO4/c1-26(2)42-35-20-12-10-18-32(35)38(41,33-19-11-13-21-36(33)43-27(3)4)37(24-28-14-6-5-7-15-28)39-25-31-30-17-9-8-16-29(30)22-23-34(31)40/h5-23,25-27,37,40-41H,24H2,1-4H3/t37-/m1/s1. The smallest absolute Gasteiger partial charge is 0.144 e. The van der Waals surface area contributed by atoms with Crippen LogP contribution in [0, 0.1) is 0 Å². The average molecular weight is 574 g/mol. The van der Waals surface area contributed by atoms with Gasteiger partial charge in [0.05, 0.1) is 18.2 Å². The number of aromatic hydroxyl groups is 1. The number of benzene rings is 5. The Balaban J connectivity index is 1.78. The molecule has 0 aromatic heterocycles. The van der Waals surface area contributed by atoms with Gasteiger partial charge in [-0.15, -0.1) is 0 Å². The predicted octanol–water partition coefficient (Wildman–Crippen LogP) is 8.09. The van der Waals surface area contributed by atoms with Gasteiger partial charge in [-0.3, -0.25) is 4.99 Å². The maximum atomic E-state index is 13.3. The molecule has 5 rings (SSSR count). The second kappa shape index (κ2) is 13.1. The highest BCUT2D eigenvalue weighted by atomic mass is 16.5. The van der Waals surface area contributed by atoms with Crippen LogP contribution in [0.3, 0.4) is 0 Å². The quantitative estimate of drug-likeness (QED) is 0.157. The van der Waals surface area contributed by atoms with Crippen molar-refractivity contribution in [2.45, 2.75) is 58.0 Å². The average Bonchev–Trinajstić information content (AvgIpc) is 3.00. The number of phenolic OH excluding ortho intramolecular Hbond substituents is 1. The van der Waals surface area contributed by atoms with Crippen LogP contribution in [0.2, 0.25) is 0 Å². The van der Waals surface area contributed by atoms with Crippen molar-refractivity contribution in [1.82, 2.24) is 0 Å². The van der Waals surface area contributed by atoms with Crippen molar-refractivity contribution in [3.05, 3.63) is 138 Å². The van der Waals surface area contributed by atoms with Gasteiger partial charge < -0.3 is 19.7 Å². The SMILES string of the molecule is CC(C)Oc1ccccc1C(O)(c1ccccc1OC(C)C)[C@@H](Cc1ccccc1)N=Cc1c(O)ccc2ccccc12. The molecule has 0 radical (unpaired) electrons. The van der Waals surface area contributed by atoms with Crippen LogP contribution in [-0.4, -0.2) is 34.7 Å². The number of rotatable bonds is 11. The van der Waals surface area contributed by atoms with E-state index in [0.717, 1.165) is 16.3 Å². The Labute approximate surface area is 254 Å². The lowest BCUT2D eigenvalue weighted by Gasteiger charge is -2.37. The van der Waals surface area contributed by atoms with E-state index in [2.05, 4.69) is 0 Å². The van der Waals surface area contributed by atoms with E-state index in [-0.39, 0.29) is 18.0 Å². The zero-order valence-corrected chi connectivity index (χ0v) is 25.1. The first-order valence-corrected chi connectivity index (χ1v) is 14.8. The van der Waals surface area contributed by atoms with Gasteiger partial charge in [0.25, 0.3) is 0 Å². The van der Waals surface area contributed by atoms with Crippen molar-refractivity contribution >= 4 is 17.0 Å². The fourth-order valence-electron chi connectivity index (χ4n) is 5.51. The highest BCUT2D eigenvalue weighted by Gasteiger charge is 2.44. The zero-order chi connectivity index (χ0) is 30.4. The van der Waals surface area contributed by atoms with Gasteiger partial charge in [0.2, 0.25) is 0 Å². The van der Waals surface area contributed by atoms with Gasteiger partial charge >= 0.3 is 0 Å². The number of hydrogen-bond acceptors (Lipinski definition) is 5. The van der Waals surface area contributed by atoms with Crippen LogP contribution >= 0.6 is 0 Å². The van der Waals surface area contributed by atoms with Crippen LogP contribution in [-0.2, 0) is 12.0 Å². The number of ether oxygens (including phenoxy) is 2. The third kappa shape index (κ3) is 6.58. The maximum Gasteiger partial charge on any atom is 0.144 e. The molecule has 0 aliphatic rings. The molecule has 1 atom stereocenters. The summed E-state index contributed by atoms with van der Waals surface area (Å²) < 4.78 is 12.6. The Bertz CT molecular complexity index is 1640. The van der Waals surface area contributed by atoms with Crippen molar-refractivity contribution in [2.24, 2.45) is 4.99 Å². The third-order valence-corrected chi connectivity index (χ3v) is 7.41. The molecule has 220 valence electrons. The van der Waals surface area contributed by atoms with Crippen molar-refractivity contribution < 1.29 is 19.7 Å². The van der Waals surface area contributed by atoms with Crippen LogP contribution < -0.4 is 9.47 Å². The topological polar surface area (TPSA) is 71.3 Å². The largest absolute Gasteiger partial charge is 0.507 e. The Morgan fingerprint density at radius 3 is 1.81 bits per heavy atom. The monoisotopic (exact) mass is 573 g/mol. The number of para-hydroxylation sites is 2. The Morgan fingerprint density at radius 1 is 0.674 bits per heavy atom. The van der Waals surface area contributed by atoms with E-state index >= 15 is 0 Å². The van der Waals surface area contributed by atoms with E-state index < -0.39 is 11.6 Å². The van der Waals surface area contributed by atoms with Gasteiger partial charge in [-0.05, 0) is 68.7 Å². The lowest BCUT2D eigenvalue weighted by Crippen LogP contribution is -2.42. The molecule has 5 nitrogen and oxygen atoms in total. The lowest BCUT2D eigenvalue weighted by atomic mass is 9.77. The van der Waals surface area contributed by atoms with Crippen LogP contribution in [0.4, 0.5) is 0 Å². The summed E-state index contributed by atoms with van der Waals surface area (Å²) in [4.78, 5) is 5.12. The Kier molecular flexibility index (Phi) is 9.13. The minimum atomic E-state index is -1.68. The van der Waals surface area contributed by atoms with E-state index in [1.807, 2.05) is 137 Å². The molecule has 0 spiro atoms. The van der Waals surface area contributed by atoms with Crippen LogP contribution in [0.15, 0.2) is 120 Å². The summed E-state index contributed by atoms with van der Waals surface area (Å²) in [5, 5.41) is 26.1. The summed E-state index contributed by atoms with van der Waals surface area (Å²) in [6, 6.07) is 35.9. The molecule has 0 unspecified atom stereocenters. The molecule has 0 saturated carbocycles. The molecular formula is C38H39NO4. The maximum absolute atomic E-state index is 13.3. The van der Waals surface area contributed by atoms with Gasteiger partial charge in [0.1, 0.15) is 22.8 Å². The fourth-order valence-corrected chi connectivity index (χ4v) is 5.51. The van der Waals surface area contributed by atoms with Crippen LogP contribution in [0.25, 0.3) is 10.8 Å². The van der Waals surface area contributed by atoms with Crippen LogP contribution in [0.5, 0.6) is 17.2 Å². The van der Waals surface area contributed by atoms with E-state index in [0.29, 0.717) is 34.6 Å². The van der Waals surface area contributed by atoms with Gasteiger partial charge in [0, 0.05) is 22.9 Å². The van der Waals surface area contributed by atoms with Gasteiger partial charge in [-0.25, -0.2) is 0 Å². The first-order valence-electron chi connectivity index (χ1n) is 14.8. The summed E-state index contributed by atoms with van der Waals surface area (Å²) >= 11 is 0. The second-order valence-electron chi connectivity index (χ2n) is 11.3. The molecular weight excluding hydrogens is 534 g/mol. The summed E-state index contributed by atoms with van der Waals surface area (Å²) in [6.45, 7) is 7.87. The van der Waals surface area contributed by atoms with Gasteiger partial charge in [-0.2, -0.15) is 0 Å². The van der Waals surface area contributed by atoms with Crippen molar-refractivity contribution in [3.8, 4) is 17.2 Å². The number of nitrogens with zero attached hydrogens (tertiary/aromatic N) is 1. The molecule has 2 N–H and O–H groups in total. The fraction of sp³-hybridized carbons (Fsp3) is 0.237. The molecule has 0 fully saturated rings. The second-order valence-corrected chi connectivity index (χ2v) is 11.3. The zero-order valence-electron chi connectivity index (χ0n) is 25.1. The van der Waals surface area contributed by atoms with Crippen molar-refractivity contribution in [1.29, 1.82) is 0 Å². The molecule has 0 heterocycles. The van der Waals surface area contributed by atoms with Crippen molar-refractivity contribution in [3.63, 3.8) is 0 Å². The highest BCUT2D eigenvalue weighted by Crippen LogP contribution is 2.45. The minimum absolute atomic E-state index is 0.115. The predicted molar refractivity (Wildman–Crippen MR) is 175 cm³/mol. The van der Waals surface area contributed by atoms with E-state index in [1.165, 1.54) is 0 Å². The van der Waals surface area contributed by atoms with Crippen molar-refractivity contribution in [2.75, 3.05) is 0 Å². The first-order chi connectivity index (χ1) is 20.8. The Morgan fingerprint density at radius 2 is 1.21 bits per heavy atom. The normalized spacial score (nSPS) is 12.7. The molecule has 0 saturated heterocycles. The molecule has 5 heteroatoms. The molecule has 0 aliphatic heterocycles. The summed E-state index contributed by atoms with van der Waals surface area (Å²) in [5.74, 6) is 1.26. The van der Waals surface area contributed by atoms with E-state index in [1.54, 1.807) is 12.3 Å². The number of fused-ring (bicyclic) bond motifs is 1. The summed E-state index contributed by atoms with van der Waals surface area (Å²) in [6.07, 6.45) is 1.87. The molecule has 0 amide bonds. The molecule has 5 aromatic carbocycles. The Hall–Kier alpha value is -4.61. The molecule has 43 heavy (non-hydrogen) atoms. The third-order valence-electron chi connectivity index (χ3n) is 7.41. The molecule has 0 bridgehead atoms. The van der Waals surface area contributed by atoms with Gasteiger partial charge in [0.15, 0.2) is 0 Å². The minimum Gasteiger partial charge on any atom is -0.507 e. The van der Waals surface area contributed by atoms with Gasteiger partial charge in [-0.1, -0.05) is 97.1 Å². The summed E-state index contributed by atoms with van der Waals surface area (Å²) in [7, 11) is 0. The van der Waals surface area contributed by atoms with E-state index in [9.17, 15) is 10.2 Å². The molecule has 5 aromatic rings. The first kappa shape index (κ1) is 29.9. The number of hydrogen-bond donors (Lipinski definition) is 2. The molecule has 0 aliphatic carbocycles. The number of aliphatic imine (C=N–C) groups is 1. The highest BCUT2D eigenvalue weighted by molar-refractivity contribution is 6.02. The van der Waals surface area contributed by atoms with E-state index in [4.69, 9.17) is 14.5 Å². The number of phenols is 1. The summed E-state index contributed by atoms with van der Waals surface area (Å²) in [5.41, 5.74) is 1.10. The van der Waals surface area contributed by atoms with Crippen LogP contribution in [0.1, 0.15) is 49.9 Å².